The van der Waals surface area contributed by atoms with Crippen molar-refractivity contribution in [3.63, 3.8) is 0 Å². The van der Waals surface area contributed by atoms with Gasteiger partial charge in [0.15, 0.2) is 5.82 Å². The minimum Gasteiger partial charge on any atom is -0.309 e. The van der Waals surface area contributed by atoms with Crippen LogP contribution in [0.4, 0.5) is 0 Å². The first-order chi connectivity index (χ1) is 30.3. The highest BCUT2D eigenvalue weighted by atomic mass is 15.0. The van der Waals surface area contributed by atoms with E-state index in [2.05, 4.69) is 223 Å². The summed E-state index contributed by atoms with van der Waals surface area (Å²) in [7, 11) is 0. The Labute approximate surface area is 353 Å². The van der Waals surface area contributed by atoms with E-state index >= 15 is 0 Å². The summed E-state index contributed by atoms with van der Waals surface area (Å²) in [6, 6.07) is 80.4. The van der Waals surface area contributed by atoms with Crippen molar-refractivity contribution >= 4 is 54.1 Å². The van der Waals surface area contributed by atoms with Crippen LogP contribution in [0.3, 0.4) is 0 Å². The second kappa shape index (κ2) is 14.3. The van der Waals surface area contributed by atoms with Gasteiger partial charge in [-0.2, -0.15) is 0 Å². The molecule has 0 aliphatic heterocycles. The molecule has 0 saturated carbocycles. The van der Waals surface area contributed by atoms with Crippen LogP contribution in [-0.2, 0) is 0 Å². The van der Waals surface area contributed by atoms with Crippen molar-refractivity contribution in [2.45, 2.75) is 0 Å². The highest BCUT2D eigenvalue weighted by Gasteiger charge is 2.21. The Morgan fingerprint density at radius 3 is 1.64 bits per heavy atom. The van der Waals surface area contributed by atoms with E-state index in [1.807, 2.05) is 6.07 Å². The maximum atomic E-state index is 5.32. The Morgan fingerprint density at radius 1 is 0.328 bits per heavy atom. The molecule has 0 fully saturated rings. The van der Waals surface area contributed by atoms with Gasteiger partial charge in [0.2, 0.25) is 0 Å². The molecule has 0 saturated heterocycles. The molecule has 0 amide bonds. The smallest absolute Gasteiger partial charge is 0.160 e. The van der Waals surface area contributed by atoms with Gasteiger partial charge in [0.25, 0.3) is 0 Å². The molecule has 61 heavy (non-hydrogen) atoms. The second-order valence-corrected chi connectivity index (χ2v) is 15.7. The Hall–Kier alpha value is -8.14. The van der Waals surface area contributed by atoms with Crippen molar-refractivity contribution in [2.24, 2.45) is 0 Å². The second-order valence-electron chi connectivity index (χ2n) is 15.7. The number of para-hydroxylation sites is 3. The topological polar surface area (TPSA) is 30.7 Å². The Kier molecular flexibility index (Phi) is 8.17. The van der Waals surface area contributed by atoms with Gasteiger partial charge in [-0.05, 0) is 78.8 Å². The van der Waals surface area contributed by atoms with E-state index in [4.69, 9.17) is 9.97 Å². The maximum absolute atomic E-state index is 5.32. The zero-order valence-electron chi connectivity index (χ0n) is 33.2. The van der Waals surface area contributed by atoms with Gasteiger partial charge in [0.05, 0.1) is 22.4 Å². The predicted molar refractivity (Wildman–Crippen MR) is 256 cm³/mol. The molecule has 12 aromatic rings. The molecule has 0 N–H and O–H groups in total. The zero-order chi connectivity index (χ0) is 40.3. The summed E-state index contributed by atoms with van der Waals surface area (Å²) in [5, 5.41) is 9.87. The molecular formula is C58H37N3. The van der Waals surface area contributed by atoms with Crippen LogP contribution in [0.25, 0.3) is 116 Å². The van der Waals surface area contributed by atoms with Gasteiger partial charge in [-0.25, -0.2) is 9.97 Å². The quantitative estimate of drug-likeness (QED) is 0.124. The van der Waals surface area contributed by atoms with Crippen LogP contribution < -0.4 is 0 Å². The molecule has 2 heterocycles. The maximum Gasteiger partial charge on any atom is 0.160 e. The lowest BCUT2D eigenvalue weighted by molar-refractivity contribution is 1.16. The number of benzene rings is 10. The number of hydrogen-bond acceptors (Lipinski definition) is 2. The minimum absolute atomic E-state index is 0.692. The third-order valence-corrected chi connectivity index (χ3v) is 12.2. The van der Waals surface area contributed by atoms with E-state index in [1.54, 1.807) is 0 Å². The van der Waals surface area contributed by atoms with Crippen LogP contribution in [-0.4, -0.2) is 14.5 Å². The fourth-order valence-electron chi connectivity index (χ4n) is 9.49. The molecule has 12 rings (SSSR count). The molecule has 0 atom stereocenters. The van der Waals surface area contributed by atoms with Crippen molar-refractivity contribution in [1.82, 2.24) is 14.5 Å². The van der Waals surface area contributed by atoms with E-state index in [9.17, 15) is 0 Å². The lowest BCUT2D eigenvalue weighted by Crippen LogP contribution is -1.99. The molecule has 0 radical (unpaired) electrons. The van der Waals surface area contributed by atoms with Gasteiger partial charge in [0, 0.05) is 33.2 Å². The SMILES string of the molecule is c1ccc(-c2nc(-c3ccc(-c4c5ccccc5c(-c5ccccc5)c5c4ccc4ccccc45)cc3)cc(-c3cccc4c5ccccc5n(-c5ccccc5)c34)n2)cc1. The summed E-state index contributed by atoms with van der Waals surface area (Å²) in [6.07, 6.45) is 0. The van der Waals surface area contributed by atoms with Crippen molar-refractivity contribution in [2.75, 3.05) is 0 Å². The van der Waals surface area contributed by atoms with Gasteiger partial charge >= 0.3 is 0 Å². The fourth-order valence-corrected chi connectivity index (χ4v) is 9.49. The summed E-state index contributed by atoms with van der Waals surface area (Å²) in [5.74, 6) is 0.692. The van der Waals surface area contributed by atoms with Gasteiger partial charge in [-0.1, -0.05) is 200 Å². The average Bonchev–Trinajstić information content (AvgIpc) is 3.68. The van der Waals surface area contributed by atoms with Crippen molar-refractivity contribution in [1.29, 1.82) is 0 Å². The molecule has 3 heteroatoms. The number of rotatable bonds is 6. The van der Waals surface area contributed by atoms with E-state index in [0.717, 1.165) is 50.4 Å². The highest BCUT2D eigenvalue weighted by molar-refractivity contribution is 6.28. The van der Waals surface area contributed by atoms with Crippen molar-refractivity contribution < 1.29 is 0 Å². The third-order valence-electron chi connectivity index (χ3n) is 12.2. The molecule has 3 nitrogen and oxygen atoms in total. The first-order valence-electron chi connectivity index (χ1n) is 20.8. The van der Waals surface area contributed by atoms with Gasteiger partial charge in [0.1, 0.15) is 0 Å². The Morgan fingerprint density at radius 2 is 0.885 bits per heavy atom. The normalized spacial score (nSPS) is 11.6. The molecular weight excluding hydrogens is 739 g/mol. The van der Waals surface area contributed by atoms with Crippen LogP contribution in [0, 0.1) is 0 Å². The number of aromatic nitrogens is 3. The van der Waals surface area contributed by atoms with Gasteiger partial charge in [-0.15, -0.1) is 0 Å². The predicted octanol–water partition coefficient (Wildman–Crippen LogP) is 15.4. The van der Waals surface area contributed by atoms with Crippen LogP contribution in [0.2, 0.25) is 0 Å². The van der Waals surface area contributed by atoms with E-state index < -0.39 is 0 Å². The summed E-state index contributed by atoms with van der Waals surface area (Å²) >= 11 is 0. The lowest BCUT2D eigenvalue weighted by atomic mass is 9.84. The van der Waals surface area contributed by atoms with Crippen LogP contribution in [0.15, 0.2) is 224 Å². The molecule has 284 valence electrons. The number of fused-ring (bicyclic) bond motifs is 7. The fraction of sp³-hybridized carbons (Fsp3) is 0. The van der Waals surface area contributed by atoms with E-state index in [-0.39, 0.29) is 0 Å². The molecule has 0 aliphatic carbocycles. The van der Waals surface area contributed by atoms with Crippen LogP contribution >= 0.6 is 0 Å². The highest BCUT2D eigenvalue weighted by Crippen LogP contribution is 2.46. The van der Waals surface area contributed by atoms with Crippen LogP contribution in [0.5, 0.6) is 0 Å². The average molecular weight is 776 g/mol. The largest absolute Gasteiger partial charge is 0.309 e. The number of nitrogens with zero attached hydrogens (tertiary/aromatic N) is 3. The molecule has 0 aliphatic rings. The van der Waals surface area contributed by atoms with Crippen molar-refractivity contribution in [3.8, 4) is 61.8 Å². The minimum atomic E-state index is 0.692. The lowest BCUT2D eigenvalue weighted by Gasteiger charge is -2.19. The zero-order valence-corrected chi connectivity index (χ0v) is 33.2. The first-order valence-corrected chi connectivity index (χ1v) is 20.8. The van der Waals surface area contributed by atoms with Gasteiger partial charge < -0.3 is 4.57 Å². The number of hydrogen-bond donors (Lipinski definition) is 0. The summed E-state index contributed by atoms with van der Waals surface area (Å²) in [6.45, 7) is 0. The first kappa shape index (κ1) is 34.9. The molecule has 0 spiro atoms. The Bertz CT molecular complexity index is 3610. The molecule has 2 aromatic heterocycles. The van der Waals surface area contributed by atoms with Crippen LogP contribution in [0.1, 0.15) is 0 Å². The monoisotopic (exact) mass is 775 g/mol. The Balaban J connectivity index is 1.07. The van der Waals surface area contributed by atoms with E-state index in [0.29, 0.717) is 5.82 Å². The summed E-state index contributed by atoms with van der Waals surface area (Å²) < 4.78 is 2.37. The van der Waals surface area contributed by atoms with E-state index in [1.165, 1.54) is 59.8 Å². The third kappa shape index (κ3) is 5.74. The standard InChI is InChI=1S/C58H37N3/c1-4-18-40(19-5-1)55-47-27-13-12-26-46(47)54(50-36-35-38-17-10-11-24-44(38)56(50)55)41-33-31-39(32-34-41)51-37-52(60-58(59-51)42-20-6-2-7-21-42)49-29-16-28-48-45-25-14-15-30-53(45)61(57(48)49)43-22-8-3-9-23-43/h1-37H. The van der Waals surface area contributed by atoms with Crippen molar-refractivity contribution in [3.05, 3.63) is 224 Å². The molecule has 0 unspecified atom stereocenters. The molecule has 0 bridgehead atoms. The summed E-state index contributed by atoms with van der Waals surface area (Å²) in [5.41, 5.74) is 13.1. The molecule has 10 aromatic carbocycles. The summed E-state index contributed by atoms with van der Waals surface area (Å²) in [4.78, 5) is 10.6. The van der Waals surface area contributed by atoms with Gasteiger partial charge in [-0.3, -0.25) is 0 Å².